The Balaban J connectivity index is 1.77. The van der Waals surface area contributed by atoms with Gasteiger partial charge in [-0.05, 0) is 31.2 Å². The van der Waals surface area contributed by atoms with Gasteiger partial charge in [-0.15, -0.1) is 5.10 Å². The summed E-state index contributed by atoms with van der Waals surface area (Å²) in [4.78, 5) is 15.8. The van der Waals surface area contributed by atoms with Crippen LogP contribution in [0.3, 0.4) is 0 Å². The van der Waals surface area contributed by atoms with Gasteiger partial charge in [0.05, 0.1) is 13.3 Å². The van der Waals surface area contributed by atoms with Crippen molar-refractivity contribution in [1.82, 2.24) is 15.2 Å². The van der Waals surface area contributed by atoms with E-state index in [-0.39, 0.29) is 5.78 Å². The molecular weight excluding hydrogens is 318 g/mol. The lowest BCUT2D eigenvalue weighted by molar-refractivity contribution is 0.101. The van der Waals surface area contributed by atoms with Gasteiger partial charge in [0, 0.05) is 23.0 Å². The molecule has 3 rings (SSSR count). The fraction of sp³-hybridized carbons (Fsp3) is 0.111. The first kappa shape index (κ1) is 16.4. The molecule has 2 aromatic carbocycles. The van der Waals surface area contributed by atoms with E-state index in [1.54, 1.807) is 19.2 Å². The van der Waals surface area contributed by atoms with Crippen molar-refractivity contribution in [3.05, 3.63) is 60.3 Å². The lowest BCUT2D eigenvalue weighted by Crippen LogP contribution is -2.03. The first-order valence-electron chi connectivity index (χ1n) is 7.63. The van der Waals surface area contributed by atoms with Crippen molar-refractivity contribution in [2.45, 2.75) is 6.92 Å². The van der Waals surface area contributed by atoms with Crippen LogP contribution in [0.1, 0.15) is 17.3 Å². The maximum absolute atomic E-state index is 11.5. The molecule has 0 aliphatic heterocycles. The second kappa shape index (κ2) is 7.39. The number of ether oxygens (including phenoxy) is 1. The number of methoxy groups -OCH3 is 1. The zero-order valence-electron chi connectivity index (χ0n) is 13.9. The summed E-state index contributed by atoms with van der Waals surface area (Å²) >= 11 is 0. The van der Waals surface area contributed by atoms with Crippen molar-refractivity contribution in [2.24, 2.45) is 0 Å². The summed E-state index contributed by atoms with van der Waals surface area (Å²) in [6.45, 7) is 1.53. The molecule has 7 nitrogen and oxygen atoms in total. The number of nitrogens with one attached hydrogen (secondary N) is 2. The fourth-order valence-electron chi connectivity index (χ4n) is 2.21. The Labute approximate surface area is 145 Å². The van der Waals surface area contributed by atoms with Crippen LogP contribution < -0.4 is 15.4 Å². The highest BCUT2D eigenvalue weighted by Gasteiger charge is 2.05. The van der Waals surface area contributed by atoms with E-state index >= 15 is 0 Å². The van der Waals surface area contributed by atoms with Crippen LogP contribution in [0.5, 0.6) is 5.75 Å². The summed E-state index contributed by atoms with van der Waals surface area (Å²) in [7, 11) is 1.61. The highest BCUT2D eigenvalue weighted by Crippen LogP contribution is 2.21. The van der Waals surface area contributed by atoms with E-state index in [1.807, 2.05) is 36.4 Å². The summed E-state index contributed by atoms with van der Waals surface area (Å²) in [5, 5.41) is 14.1. The molecule has 0 aliphatic rings. The Hall–Kier alpha value is -3.48. The Morgan fingerprint density at radius 2 is 1.80 bits per heavy atom. The van der Waals surface area contributed by atoms with Crippen LogP contribution >= 0.6 is 0 Å². The number of anilines is 4. The first-order valence-corrected chi connectivity index (χ1v) is 7.63. The molecular formula is C18H17N5O2. The van der Waals surface area contributed by atoms with E-state index in [0.29, 0.717) is 17.3 Å². The molecule has 1 aromatic heterocycles. The number of hydrogen-bond donors (Lipinski definition) is 2. The van der Waals surface area contributed by atoms with Crippen LogP contribution in [0.25, 0.3) is 0 Å². The van der Waals surface area contributed by atoms with Crippen LogP contribution in [0.2, 0.25) is 0 Å². The molecule has 3 aromatic rings. The molecule has 0 radical (unpaired) electrons. The monoisotopic (exact) mass is 335 g/mol. The second-order valence-corrected chi connectivity index (χ2v) is 5.28. The van der Waals surface area contributed by atoms with Gasteiger partial charge in [-0.25, -0.2) is 0 Å². The molecule has 126 valence electrons. The molecule has 0 spiro atoms. The number of rotatable bonds is 6. The van der Waals surface area contributed by atoms with Gasteiger partial charge in [0.2, 0.25) is 5.95 Å². The molecule has 0 saturated carbocycles. The summed E-state index contributed by atoms with van der Waals surface area (Å²) in [6.07, 6.45) is 1.51. The van der Waals surface area contributed by atoms with Crippen LogP contribution in [-0.2, 0) is 0 Å². The summed E-state index contributed by atoms with van der Waals surface area (Å²) < 4.78 is 5.19. The Bertz CT molecular complexity index is 898. The molecule has 0 fully saturated rings. The van der Waals surface area contributed by atoms with Gasteiger partial charge in [0.25, 0.3) is 0 Å². The Morgan fingerprint density at radius 3 is 2.56 bits per heavy atom. The molecule has 0 bridgehead atoms. The van der Waals surface area contributed by atoms with Gasteiger partial charge >= 0.3 is 0 Å². The number of nitrogens with zero attached hydrogens (tertiary/aromatic N) is 3. The highest BCUT2D eigenvalue weighted by atomic mass is 16.5. The number of ketones is 1. The van der Waals surface area contributed by atoms with E-state index in [4.69, 9.17) is 4.74 Å². The van der Waals surface area contributed by atoms with E-state index < -0.39 is 0 Å². The third kappa shape index (κ3) is 4.29. The normalized spacial score (nSPS) is 10.2. The summed E-state index contributed by atoms with van der Waals surface area (Å²) in [5.74, 6) is 1.60. The number of hydrogen-bond acceptors (Lipinski definition) is 7. The summed E-state index contributed by atoms with van der Waals surface area (Å²) in [6, 6.07) is 14.6. The van der Waals surface area contributed by atoms with Crippen molar-refractivity contribution >= 4 is 28.9 Å². The fourth-order valence-corrected chi connectivity index (χ4v) is 2.21. The number of carbonyl (C=O) groups excluding carboxylic acids is 1. The van der Waals surface area contributed by atoms with Gasteiger partial charge in [0.15, 0.2) is 11.6 Å². The zero-order chi connectivity index (χ0) is 17.6. The minimum atomic E-state index is 0.00448. The topological polar surface area (TPSA) is 89.0 Å². The van der Waals surface area contributed by atoms with Crippen molar-refractivity contribution in [1.29, 1.82) is 0 Å². The van der Waals surface area contributed by atoms with Gasteiger partial charge < -0.3 is 15.4 Å². The first-order chi connectivity index (χ1) is 12.1. The lowest BCUT2D eigenvalue weighted by atomic mass is 10.1. The Kier molecular flexibility index (Phi) is 4.84. The third-order valence-corrected chi connectivity index (χ3v) is 3.43. The molecule has 0 aliphatic carbocycles. The van der Waals surface area contributed by atoms with Crippen molar-refractivity contribution < 1.29 is 9.53 Å². The van der Waals surface area contributed by atoms with E-state index in [0.717, 1.165) is 17.1 Å². The Morgan fingerprint density at radius 1 is 1.04 bits per heavy atom. The van der Waals surface area contributed by atoms with Gasteiger partial charge in [-0.3, -0.25) is 4.79 Å². The largest absolute Gasteiger partial charge is 0.497 e. The maximum atomic E-state index is 11.5. The smallest absolute Gasteiger partial charge is 0.249 e. The minimum absolute atomic E-state index is 0.00448. The molecule has 0 atom stereocenters. The average molecular weight is 335 g/mol. The van der Waals surface area contributed by atoms with Crippen molar-refractivity contribution in [3.63, 3.8) is 0 Å². The number of aromatic nitrogens is 3. The summed E-state index contributed by atoms with van der Waals surface area (Å²) in [5.41, 5.74) is 2.17. The van der Waals surface area contributed by atoms with Gasteiger partial charge in [-0.2, -0.15) is 10.1 Å². The quantitative estimate of drug-likeness (QED) is 0.666. The molecule has 0 saturated heterocycles. The predicted molar refractivity (Wildman–Crippen MR) is 95.8 cm³/mol. The van der Waals surface area contributed by atoms with E-state index in [1.165, 1.54) is 13.1 Å². The predicted octanol–water partition coefficient (Wildman–Crippen LogP) is 3.57. The number of Topliss-reactive ketones (excluding diaryl/α,β-unsaturated/α-hetero) is 1. The lowest BCUT2D eigenvalue weighted by Gasteiger charge is -2.09. The van der Waals surface area contributed by atoms with Crippen LogP contribution in [-0.4, -0.2) is 28.1 Å². The average Bonchev–Trinajstić information content (AvgIpc) is 2.62. The number of carbonyl (C=O) groups is 1. The number of benzene rings is 2. The zero-order valence-corrected chi connectivity index (χ0v) is 13.9. The van der Waals surface area contributed by atoms with E-state index in [9.17, 15) is 4.79 Å². The standard InChI is InChI=1S/C18H17N5O2/c1-12(24)13-5-3-6-14(9-13)20-17-11-19-23-18(22-17)21-15-7-4-8-16(10-15)25-2/h3-11H,1-2H3,(H2,20,21,22,23). The van der Waals surface area contributed by atoms with Crippen molar-refractivity contribution in [2.75, 3.05) is 17.7 Å². The van der Waals surface area contributed by atoms with Crippen LogP contribution in [0.4, 0.5) is 23.1 Å². The third-order valence-electron chi connectivity index (χ3n) is 3.43. The SMILES string of the molecule is COc1cccc(Nc2nncc(Nc3cccc(C(C)=O)c3)n2)c1. The van der Waals surface area contributed by atoms with Crippen molar-refractivity contribution in [3.8, 4) is 5.75 Å². The molecule has 0 amide bonds. The van der Waals surface area contributed by atoms with Crippen LogP contribution in [0, 0.1) is 0 Å². The molecule has 1 heterocycles. The van der Waals surface area contributed by atoms with E-state index in [2.05, 4.69) is 25.8 Å². The molecule has 25 heavy (non-hydrogen) atoms. The van der Waals surface area contributed by atoms with Gasteiger partial charge in [-0.1, -0.05) is 18.2 Å². The second-order valence-electron chi connectivity index (χ2n) is 5.28. The maximum Gasteiger partial charge on any atom is 0.249 e. The molecule has 0 unspecified atom stereocenters. The molecule has 2 N–H and O–H groups in total. The minimum Gasteiger partial charge on any atom is -0.497 e. The van der Waals surface area contributed by atoms with Crippen LogP contribution in [0.15, 0.2) is 54.7 Å². The molecule has 7 heteroatoms. The highest BCUT2D eigenvalue weighted by molar-refractivity contribution is 5.95. The van der Waals surface area contributed by atoms with Gasteiger partial charge in [0.1, 0.15) is 5.75 Å².